The van der Waals surface area contributed by atoms with Crippen LogP contribution in [0.2, 0.25) is 0 Å². The lowest BCUT2D eigenvalue weighted by atomic mass is 9.93. The third-order valence-corrected chi connectivity index (χ3v) is 4.19. The molecule has 1 heteroatoms. The van der Waals surface area contributed by atoms with Crippen LogP contribution in [-0.2, 0) is 0 Å². The number of hydrogen-bond acceptors (Lipinski definition) is 1. The molecule has 3 saturated carbocycles. The first kappa shape index (κ1) is 7.37. The Bertz CT molecular complexity index is 162. The van der Waals surface area contributed by atoms with E-state index < -0.39 is 0 Å². The average Bonchev–Trinajstić information content (AvgIpc) is 2.71. The van der Waals surface area contributed by atoms with Crippen molar-refractivity contribution < 1.29 is 0 Å². The van der Waals surface area contributed by atoms with E-state index in [1.165, 1.54) is 44.9 Å². The van der Waals surface area contributed by atoms with E-state index in [1.54, 1.807) is 0 Å². The van der Waals surface area contributed by atoms with Crippen LogP contribution < -0.4 is 5.32 Å². The predicted octanol–water partition coefficient (Wildman–Crippen LogP) is 2.32. The van der Waals surface area contributed by atoms with Crippen LogP contribution in [0.4, 0.5) is 0 Å². The highest BCUT2D eigenvalue weighted by molar-refractivity contribution is 5.06. The molecule has 1 N–H and O–H groups in total. The highest BCUT2D eigenvalue weighted by Crippen LogP contribution is 2.50. The van der Waals surface area contributed by atoms with Gasteiger partial charge in [0.05, 0.1) is 0 Å². The van der Waals surface area contributed by atoms with Gasteiger partial charge in [-0.05, 0) is 37.5 Å². The van der Waals surface area contributed by atoms with Crippen LogP contribution >= 0.6 is 0 Å². The highest BCUT2D eigenvalue weighted by Gasteiger charge is 2.51. The maximum Gasteiger partial charge on any atom is 0.0133 e. The number of nitrogens with one attached hydrogen (secondary N) is 1. The topological polar surface area (TPSA) is 12.0 Å². The molecule has 3 fully saturated rings. The van der Waals surface area contributed by atoms with Crippen molar-refractivity contribution in [2.45, 2.75) is 57.0 Å². The van der Waals surface area contributed by atoms with Crippen molar-refractivity contribution in [2.24, 2.45) is 11.8 Å². The van der Waals surface area contributed by atoms with Gasteiger partial charge in [0.15, 0.2) is 0 Å². The summed E-state index contributed by atoms with van der Waals surface area (Å²) < 4.78 is 0. The average molecular weight is 165 g/mol. The highest BCUT2D eigenvalue weighted by atomic mass is 15.0. The Hall–Kier alpha value is -0.0400. The second kappa shape index (κ2) is 2.73. The molecule has 0 amide bonds. The minimum atomic E-state index is 0.917. The van der Waals surface area contributed by atoms with Crippen LogP contribution in [0.15, 0.2) is 0 Å². The predicted molar refractivity (Wildman–Crippen MR) is 50.0 cm³/mol. The molecule has 0 bridgehead atoms. The lowest BCUT2D eigenvalue weighted by Gasteiger charge is -2.26. The smallest absolute Gasteiger partial charge is 0.0133 e. The molecule has 0 aromatic heterocycles. The zero-order chi connectivity index (χ0) is 7.97. The van der Waals surface area contributed by atoms with Gasteiger partial charge in [-0.1, -0.05) is 19.3 Å². The summed E-state index contributed by atoms with van der Waals surface area (Å²) >= 11 is 0. The van der Waals surface area contributed by atoms with Gasteiger partial charge in [-0.15, -0.1) is 0 Å². The van der Waals surface area contributed by atoms with Crippen molar-refractivity contribution in [3.05, 3.63) is 0 Å². The zero-order valence-electron chi connectivity index (χ0n) is 7.76. The molecule has 0 spiro atoms. The van der Waals surface area contributed by atoms with Crippen LogP contribution in [0.5, 0.6) is 0 Å². The lowest BCUT2D eigenvalue weighted by molar-refractivity contribution is 0.328. The molecule has 2 unspecified atom stereocenters. The molecule has 0 radical (unpaired) electrons. The van der Waals surface area contributed by atoms with Gasteiger partial charge in [0.2, 0.25) is 0 Å². The molecule has 0 aromatic carbocycles. The van der Waals surface area contributed by atoms with Crippen molar-refractivity contribution in [2.75, 3.05) is 0 Å². The fourth-order valence-electron chi connectivity index (χ4n) is 3.09. The van der Waals surface area contributed by atoms with Crippen molar-refractivity contribution >= 4 is 0 Å². The molecule has 3 rings (SSSR count). The van der Waals surface area contributed by atoms with Gasteiger partial charge >= 0.3 is 0 Å². The summed E-state index contributed by atoms with van der Waals surface area (Å²) in [6, 6.07) is 1.87. The molecule has 2 atom stereocenters. The van der Waals surface area contributed by atoms with E-state index in [0.29, 0.717) is 0 Å². The molecule has 0 heterocycles. The first-order valence-corrected chi connectivity index (χ1v) is 5.71. The normalized spacial score (nSPS) is 46.5. The summed E-state index contributed by atoms with van der Waals surface area (Å²) in [5, 5.41) is 3.83. The van der Waals surface area contributed by atoms with E-state index >= 15 is 0 Å². The van der Waals surface area contributed by atoms with Crippen LogP contribution in [-0.4, -0.2) is 12.1 Å². The Labute approximate surface area is 74.9 Å². The van der Waals surface area contributed by atoms with Crippen LogP contribution in [0.25, 0.3) is 0 Å². The SMILES string of the molecule is C1CC(NC2C3CCCCC32)C1. The number of rotatable bonds is 2. The standard InChI is InChI=1S/C11H19N/c1-2-7-10-9(6-1)11(10)12-8-4-3-5-8/h8-12H,1-7H2. The van der Waals surface area contributed by atoms with Crippen molar-refractivity contribution in [1.82, 2.24) is 5.32 Å². The first-order chi connectivity index (χ1) is 5.95. The largest absolute Gasteiger partial charge is 0.311 e. The van der Waals surface area contributed by atoms with E-state index in [-0.39, 0.29) is 0 Å². The Kier molecular flexibility index (Phi) is 1.68. The van der Waals surface area contributed by atoms with E-state index in [9.17, 15) is 0 Å². The number of hydrogen-bond donors (Lipinski definition) is 1. The summed E-state index contributed by atoms with van der Waals surface area (Å²) in [5.74, 6) is 2.19. The minimum Gasteiger partial charge on any atom is -0.311 e. The Morgan fingerprint density at radius 2 is 1.42 bits per heavy atom. The summed E-state index contributed by atoms with van der Waals surface area (Å²) in [5.41, 5.74) is 0. The molecular weight excluding hydrogens is 146 g/mol. The second-order valence-corrected chi connectivity index (χ2v) is 4.93. The first-order valence-electron chi connectivity index (χ1n) is 5.71. The van der Waals surface area contributed by atoms with Crippen molar-refractivity contribution in [3.8, 4) is 0 Å². The van der Waals surface area contributed by atoms with Gasteiger partial charge in [0.25, 0.3) is 0 Å². The minimum absolute atomic E-state index is 0.917. The van der Waals surface area contributed by atoms with Crippen LogP contribution in [0.1, 0.15) is 44.9 Å². The summed E-state index contributed by atoms with van der Waals surface area (Å²) in [4.78, 5) is 0. The van der Waals surface area contributed by atoms with Gasteiger partial charge in [-0.2, -0.15) is 0 Å². The van der Waals surface area contributed by atoms with Crippen molar-refractivity contribution in [1.29, 1.82) is 0 Å². The fraction of sp³-hybridized carbons (Fsp3) is 1.00. The summed E-state index contributed by atoms with van der Waals surface area (Å²) in [6.07, 6.45) is 10.4. The molecule has 0 aromatic rings. The quantitative estimate of drug-likeness (QED) is 0.662. The molecular formula is C11H19N. The van der Waals surface area contributed by atoms with E-state index in [1.807, 2.05) is 0 Å². The fourth-order valence-corrected chi connectivity index (χ4v) is 3.09. The Morgan fingerprint density at radius 1 is 0.750 bits per heavy atom. The number of fused-ring (bicyclic) bond motifs is 1. The summed E-state index contributed by atoms with van der Waals surface area (Å²) in [7, 11) is 0. The van der Waals surface area contributed by atoms with Gasteiger partial charge in [0, 0.05) is 12.1 Å². The Morgan fingerprint density at radius 3 is 1.92 bits per heavy atom. The molecule has 12 heavy (non-hydrogen) atoms. The van der Waals surface area contributed by atoms with Crippen LogP contribution in [0, 0.1) is 11.8 Å². The molecule has 3 aliphatic carbocycles. The van der Waals surface area contributed by atoms with Crippen LogP contribution in [0.3, 0.4) is 0 Å². The molecule has 0 saturated heterocycles. The zero-order valence-corrected chi connectivity index (χ0v) is 7.76. The molecule has 68 valence electrons. The van der Waals surface area contributed by atoms with Gasteiger partial charge in [0.1, 0.15) is 0 Å². The maximum atomic E-state index is 3.83. The van der Waals surface area contributed by atoms with Crippen molar-refractivity contribution in [3.63, 3.8) is 0 Å². The lowest BCUT2D eigenvalue weighted by Crippen LogP contribution is -2.37. The van der Waals surface area contributed by atoms with E-state index in [2.05, 4.69) is 5.32 Å². The van der Waals surface area contributed by atoms with E-state index in [4.69, 9.17) is 0 Å². The third-order valence-electron chi connectivity index (χ3n) is 4.19. The van der Waals surface area contributed by atoms with E-state index in [0.717, 1.165) is 23.9 Å². The maximum absolute atomic E-state index is 3.83. The molecule has 1 nitrogen and oxygen atoms in total. The molecule has 3 aliphatic rings. The monoisotopic (exact) mass is 165 g/mol. The Balaban J connectivity index is 1.51. The van der Waals surface area contributed by atoms with Gasteiger partial charge in [-0.25, -0.2) is 0 Å². The molecule has 0 aliphatic heterocycles. The van der Waals surface area contributed by atoms with Gasteiger partial charge in [-0.3, -0.25) is 0 Å². The third kappa shape index (κ3) is 1.10. The summed E-state index contributed by atoms with van der Waals surface area (Å²) in [6.45, 7) is 0. The van der Waals surface area contributed by atoms with Gasteiger partial charge < -0.3 is 5.32 Å². The second-order valence-electron chi connectivity index (χ2n) is 4.93.